The first kappa shape index (κ1) is 22.2. The summed E-state index contributed by atoms with van der Waals surface area (Å²) in [5, 5.41) is 12.6. The SMILES string of the molecule is Cc1cc(Nc2ncc3c(F)cn(-c4ccccn4)c3n2)ccc1OC1CCN(CCO)CC1. The fourth-order valence-electron chi connectivity index (χ4n) is 4.26. The number of aliphatic hydroxyl groups is 1. The number of benzene rings is 1. The summed E-state index contributed by atoms with van der Waals surface area (Å²) in [7, 11) is 0. The number of hydrogen-bond donors (Lipinski definition) is 2. The number of aliphatic hydroxyl groups excluding tert-OH is 1. The van der Waals surface area contributed by atoms with Gasteiger partial charge in [-0.3, -0.25) is 4.57 Å². The van der Waals surface area contributed by atoms with Crippen molar-refractivity contribution in [2.75, 3.05) is 31.6 Å². The lowest BCUT2D eigenvalue weighted by Gasteiger charge is -2.32. The molecular formula is C25H27FN6O2. The molecule has 176 valence electrons. The zero-order valence-electron chi connectivity index (χ0n) is 19.0. The zero-order chi connectivity index (χ0) is 23.5. The van der Waals surface area contributed by atoms with Gasteiger partial charge in [0.15, 0.2) is 11.5 Å². The third-order valence-electron chi connectivity index (χ3n) is 6.07. The highest BCUT2D eigenvalue weighted by molar-refractivity contribution is 5.79. The number of pyridine rings is 1. The van der Waals surface area contributed by atoms with Crippen LogP contribution in [0.5, 0.6) is 5.75 Å². The predicted octanol–water partition coefficient (Wildman–Crippen LogP) is 3.84. The van der Waals surface area contributed by atoms with E-state index in [0.717, 1.165) is 49.5 Å². The summed E-state index contributed by atoms with van der Waals surface area (Å²) >= 11 is 0. The Kier molecular flexibility index (Phi) is 6.37. The molecule has 2 N–H and O–H groups in total. The van der Waals surface area contributed by atoms with Gasteiger partial charge in [0.25, 0.3) is 0 Å². The molecule has 4 heterocycles. The van der Waals surface area contributed by atoms with Gasteiger partial charge in [-0.15, -0.1) is 0 Å². The van der Waals surface area contributed by atoms with Gasteiger partial charge in [0, 0.05) is 43.9 Å². The molecule has 1 saturated heterocycles. The van der Waals surface area contributed by atoms with Crippen molar-refractivity contribution in [3.63, 3.8) is 0 Å². The lowest BCUT2D eigenvalue weighted by molar-refractivity contribution is 0.0884. The summed E-state index contributed by atoms with van der Waals surface area (Å²) in [6, 6.07) is 11.3. The van der Waals surface area contributed by atoms with E-state index in [1.165, 1.54) is 12.4 Å². The number of β-amino-alcohol motifs (C(OH)–C–C–N with tert-alkyl or cyclic N) is 1. The standard InChI is InChI=1S/C25H27FN6O2/c1-17-14-18(5-6-22(17)34-19-7-10-31(11-8-19)12-13-33)29-25-28-15-20-21(26)16-32(24(20)30-25)23-4-2-3-9-27-23/h2-6,9,14-16,19,33H,7-8,10-13H2,1H3,(H,28,29,30). The van der Waals surface area contributed by atoms with Crippen molar-refractivity contribution < 1.29 is 14.2 Å². The van der Waals surface area contributed by atoms with Crippen LogP contribution in [-0.4, -0.2) is 61.9 Å². The molecule has 1 aromatic carbocycles. The smallest absolute Gasteiger partial charge is 0.229 e. The molecule has 4 aromatic rings. The van der Waals surface area contributed by atoms with Crippen LogP contribution in [0.3, 0.4) is 0 Å². The molecule has 0 spiro atoms. The molecule has 0 unspecified atom stereocenters. The van der Waals surface area contributed by atoms with Gasteiger partial charge in [-0.1, -0.05) is 6.07 Å². The van der Waals surface area contributed by atoms with E-state index in [1.54, 1.807) is 16.8 Å². The number of hydrogen-bond acceptors (Lipinski definition) is 7. The molecule has 0 atom stereocenters. The lowest BCUT2D eigenvalue weighted by Crippen LogP contribution is -2.39. The van der Waals surface area contributed by atoms with Gasteiger partial charge in [0.2, 0.25) is 5.95 Å². The first-order valence-corrected chi connectivity index (χ1v) is 11.4. The number of halogens is 1. The fourth-order valence-corrected chi connectivity index (χ4v) is 4.26. The molecule has 0 saturated carbocycles. The number of likely N-dealkylation sites (tertiary alicyclic amines) is 1. The van der Waals surface area contributed by atoms with Crippen molar-refractivity contribution in [1.82, 2.24) is 24.4 Å². The molecule has 34 heavy (non-hydrogen) atoms. The molecule has 0 amide bonds. The summed E-state index contributed by atoms with van der Waals surface area (Å²) in [4.78, 5) is 15.4. The van der Waals surface area contributed by atoms with E-state index in [2.05, 4.69) is 25.2 Å². The van der Waals surface area contributed by atoms with Crippen molar-refractivity contribution in [3.8, 4) is 11.6 Å². The Morgan fingerprint density at radius 1 is 1.18 bits per heavy atom. The summed E-state index contributed by atoms with van der Waals surface area (Å²) in [5.41, 5.74) is 2.27. The third kappa shape index (κ3) is 4.71. The van der Waals surface area contributed by atoms with Crippen molar-refractivity contribution in [3.05, 3.63) is 66.4 Å². The predicted molar refractivity (Wildman–Crippen MR) is 128 cm³/mol. The Morgan fingerprint density at radius 3 is 2.76 bits per heavy atom. The van der Waals surface area contributed by atoms with Crippen molar-refractivity contribution in [2.45, 2.75) is 25.9 Å². The molecule has 0 radical (unpaired) electrons. The first-order valence-electron chi connectivity index (χ1n) is 11.4. The topological polar surface area (TPSA) is 88.3 Å². The Bertz CT molecular complexity index is 1270. The Morgan fingerprint density at radius 2 is 2.03 bits per heavy atom. The summed E-state index contributed by atoms with van der Waals surface area (Å²) in [5.74, 6) is 1.41. The Labute approximate surface area is 197 Å². The van der Waals surface area contributed by atoms with Crippen LogP contribution in [0.25, 0.3) is 16.9 Å². The highest BCUT2D eigenvalue weighted by Gasteiger charge is 2.21. The minimum atomic E-state index is -0.397. The monoisotopic (exact) mass is 462 g/mol. The van der Waals surface area contributed by atoms with E-state index >= 15 is 0 Å². The Hall–Kier alpha value is -3.56. The maximum absolute atomic E-state index is 14.4. The van der Waals surface area contributed by atoms with Crippen LogP contribution < -0.4 is 10.1 Å². The largest absolute Gasteiger partial charge is 0.490 e. The van der Waals surface area contributed by atoms with Gasteiger partial charge >= 0.3 is 0 Å². The number of aryl methyl sites for hydroxylation is 1. The van der Waals surface area contributed by atoms with Crippen molar-refractivity contribution in [1.29, 1.82) is 0 Å². The number of fused-ring (bicyclic) bond motifs is 1. The molecule has 0 bridgehead atoms. The normalized spacial score (nSPS) is 15.0. The lowest BCUT2D eigenvalue weighted by atomic mass is 10.1. The molecular weight excluding hydrogens is 435 g/mol. The van der Waals surface area contributed by atoms with E-state index in [0.29, 0.717) is 22.8 Å². The summed E-state index contributed by atoms with van der Waals surface area (Å²) in [6.45, 7) is 4.79. The average molecular weight is 463 g/mol. The highest BCUT2D eigenvalue weighted by atomic mass is 19.1. The van der Waals surface area contributed by atoms with Crippen LogP contribution >= 0.6 is 0 Å². The van der Waals surface area contributed by atoms with Crippen LogP contribution in [0.15, 0.2) is 55.0 Å². The van der Waals surface area contributed by atoms with Gasteiger partial charge in [-0.05, 0) is 55.7 Å². The maximum atomic E-state index is 14.4. The highest BCUT2D eigenvalue weighted by Crippen LogP contribution is 2.28. The molecule has 3 aromatic heterocycles. The van der Waals surface area contributed by atoms with Crippen LogP contribution in [0.1, 0.15) is 18.4 Å². The minimum Gasteiger partial charge on any atom is -0.490 e. The molecule has 0 aliphatic carbocycles. The number of rotatable bonds is 7. The van der Waals surface area contributed by atoms with Crippen LogP contribution in [0.2, 0.25) is 0 Å². The van der Waals surface area contributed by atoms with E-state index in [9.17, 15) is 4.39 Å². The van der Waals surface area contributed by atoms with Crippen LogP contribution in [0.4, 0.5) is 16.0 Å². The molecule has 1 aliphatic rings. The molecule has 1 aliphatic heterocycles. The average Bonchev–Trinajstić information content (AvgIpc) is 3.18. The second-order valence-electron chi connectivity index (χ2n) is 8.45. The summed E-state index contributed by atoms with van der Waals surface area (Å²) < 4.78 is 22.3. The zero-order valence-corrected chi connectivity index (χ0v) is 19.0. The van der Waals surface area contributed by atoms with E-state index in [-0.39, 0.29) is 12.7 Å². The van der Waals surface area contributed by atoms with Gasteiger partial charge < -0.3 is 20.1 Å². The number of ether oxygens (including phenoxy) is 1. The molecule has 9 heteroatoms. The van der Waals surface area contributed by atoms with Gasteiger partial charge in [0.1, 0.15) is 17.7 Å². The van der Waals surface area contributed by atoms with E-state index in [4.69, 9.17) is 9.84 Å². The van der Waals surface area contributed by atoms with Crippen LogP contribution in [0, 0.1) is 12.7 Å². The third-order valence-corrected chi connectivity index (χ3v) is 6.07. The van der Waals surface area contributed by atoms with Gasteiger partial charge in [-0.2, -0.15) is 4.98 Å². The van der Waals surface area contributed by atoms with E-state index < -0.39 is 5.82 Å². The van der Waals surface area contributed by atoms with Gasteiger partial charge in [0.05, 0.1) is 12.0 Å². The molecule has 1 fully saturated rings. The first-order chi connectivity index (χ1) is 16.6. The van der Waals surface area contributed by atoms with Crippen molar-refractivity contribution in [2.24, 2.45) is 0 Å². The second-order valence-corrected chi connectivity index (χ2v) is 8.45. The number of piperidine rings is 1. The minimum absolute atomic E-state index is 0.174. The number of nitrogens with one attached hydrogen (secondary N) is 1. The Balaban J connectivity index is 1.31. The number of nitrogens with zero attached hydrogens (tertiary/aromatic N) is 5. The number of anilines is 2. The molecule has 5 rings (SSSR count). The summed E-state index contributed by atoms with van der Waals surface area (Å²) in [6.07, 6.45) is 6.57. The maximum Gasteiger partial charge on any atom is 0.229 e. The van der Waals surface area contributed by atoms with Gasteiger partial charge in [-0.25, -0.2) is 14.4 Å². The number of aromatic nitrogens is 4. The van der Waals surface area contributed by atoms with E-state index in [1.807, 2.05) is 37.3 Å². The quantitative estimate of drug-likeness (QED) is 0.431. The van der Waals surface area contributed by atoms with Crippen molar-refractivity contribution >= 4 is 22.7 Å². The molecule has 8 nitrogen and oxygen atoms in total. The second kappa shape index (κ2) is 9.74. The van der Waals surface area contributed by atoms with Crippen LogP contribution in [-0.2, 0) is 0 Å². The fraction of sp³-hybridized carbons (Fsp3) is 0.320.